The van der Waals surface area contributed by atoms with E-state index in [1.807, 2.05) is 6.92 Å². The summed E-state index contributed by atoms with van der Waals surface area (Å²) >= 11 is 0. The number of rotatable bonds is 5. The Balaban J connectivity index is 1.44. The van der Waals surface area contributed by atoms with Gasteiger partial charge >= 0.3 is 6.09 Å². The molecule has 3 fully saturated rings. The van der Waals surface area contributed by atoms with Gasteiger partial charge in [0, 0.05) is 24.8 Å². The van der Waals surface area contributed by atoms with E-state index in [4.69, 9.17) is 10.5 Å². The molecule has 26 heavy (non-hydrogen) atoms. The number of nitrogens with zero attached hydrogens (tertiary/aromatic N) is 2. The summed E-state index contributed by atoms with van der Waals surface area (Å²) in [4.78, 5) is 15.7. The number of carbonyl (C=O) groups is 1. The first-order valence-electron chi connectivity index (χ1n) is 9.11. The van der Waals surface area contributed by atoms with Gasteiger partial charge < -0.3 is 20.7 Å². The van der Waals surface area contributed by atoms with Crippen molar-refractivity contribution in [3.05, 3.63) is 36.3 Å². The zero-order valence-corrected chi connectivity index (χ0v) is 15.0. The number of cyclic esters (lactones) is 1. The number of carbonyl (C=O) groups excluding carboxylic acids is 1. The van der Waals surface area contributed by atoms with Crippen LogP contribution in [-0.2, 0) is 4.74 Å². The highest BCUT2D eigenvalue weighted by Crippen LogP contribution is 2.45. The van der Waals surface area contributed by atoms with E-state index in [1.54, 1.807) is 12.1 Å². The largest absolute Gasteiger partial charge is 0.442 e. The second-order valence-corrected chi connectivity index (χ2v) is 7.55. The van der Waals surface area contributed by atoms with Gasteiger partial charge in [-0.3, -0.25) is 4.90 Å². The summed E-state index contributed by atoms with van der Waals surface area (Å²) in [6.45, 7) is 8.13. The molecule has 1 unspecified atom stereocenters. The van der Waals surface area contributed by atoms with Crippen molar-refractivity contribution in [1.82, 2.24) is 5.32 Å². The van der Waals surface area contributed by atoms with Crippen molar-refractivity contribution in [3.8, 4) is 0 Å². The van der Waals surface area contributed by atoms with Gasteiger partial charge in [-0.25, -0.2) is 9.18 Å². The zero-order valence-electron chi connectivity index (χ0n) is 15.0. The molecule has 1 amide bonds. The fourth-order valence-electron chi connectivity index (χ4n) is 4.05. The molecule has 3 N–H and O–H groups in total. The molecule has 140 valence electrons. The lowest BCUT2D eigenvalue weighted by Gasteiger charge is -2.29. The van der Waals surface area contributed by atoms with Crippen molar-refractivity contribution < 1.29 is 13.9 Å². The van der Waals surface area contributed by atoms with Crippen molar-refractivity contribution in [2.45, 2.75) is 25.5 Å². The Hall–Kier alpha value is -2.28. The number of hydrogen-bond donors (Lipinski definition) is 2. The molecule has 1 aromatic rings. The third-order valence-corrected chi connectivity index (χ3v) is 5.65. The van der Waals surface area contributed by atoms with Gasteiger partial charge in [-0.05, 0) is 43.4 Å². The van der Waals surface area contributed by atoms with Crippen LogP contribution in [0.4, 0.5) is 20.6 Å². The van der Waals surface area contributed by atoms with E-state index in [2.05, 4.69) is 16.8 Å². The first-order chi connectivity index (χ1) is 12.4. The van der Waals surface area contributed by atoms with Gasteiger partial charge in [0.05, 0.1) is 24.5 Å². The summed E-state index contributed by atoms with van der Waals surface area (Å²) < 4.78 is 20.1. The normalized spacial score (nSPS) is 30.0. The highest BCUT2D eigenvalue weighted by Gasteiger charge is 2.50. The molecule has 2 heterocycles. The van der Waals surface area contributed by atoms with E-state index < -0.39 is 6.09 Å². The minimum absolute atomic E-state index is 0.270. The first kappa shape index (κ1) is 17.1. The van der Waals surface area contributed by atoms with Crippen molar-refractivity contribution in [2.24, 2.45) is 17.6 Å². The van der Waals surface area contributed by atoms with E-state index in [0.717, 1.165) is 25.2 Å². The Morgan fingerprint density at radius 1 is 1.42 bits per heavy atom. The average Bonchev–Trinajstić information content (AvgIpc) is 3.09. The fraction of sp³-hybridized carbons (Fsp3) is 0.526. The molecule has 1 aromatic carbocycles. The van der Waals surface area contributed by atoms with Crippen LogP contribution in [0.25, 0.3) is 0 Å². The number of ether oxygens (including phenoxy) is 1. The van der Waals surface area contributed by atoms with Gasteiger partial charge in [-0.15, -0.1) is 0 Å². The summed E-state index contributed by atoms with van der Waals surface area (Å²) in [6, 6.07) is 5.23. The molecule has 2 aliphatic heterocycles. The Bertz CT molecular complexity index is 740. The number of nitrogens with two attached hydrogens (primary N) is 1. The minimum Gasteiger partial charge on any atom is -0.442 e. The summed E-state index contributed by atoms with van der Waals surface area (Å²) in [5.74, 6) is 0.780. The van der Waals surface area contributed by atoms with E-state index >= 15 is 0 Å². The van der Waals surface area contributed by atoms with Crippen LogP contribution in [0.15, 0.2) is 30.5 Å². The van der Waals surface area contributed by atoms with Crippen LogP contribution < -0.4 is 20.9 Å². The molecule has 1 aliphatic carbocycles. The molecular formula is C19H25FN4O2. The highest BCUT2D eigenvalue weighted by molar-refractivity contribution is 5.90. The smallest absolute Gasteiger partial charge is 0.414 e. The lowest BCUT2D eigenvalue weighted by molar-refractivity contribution is 0.141. The number of allylic oxidation sites excluding steroid dienone is 1. The maximum absolute atomic E-state index is 14.7. The van der Waals surface area contributed by atoms with Gasteiger partial charge in [0.15, 0.2) is 0 Å². The number of piperidine rings is 1. The average molecular weight is 360 g/mol. The molecule has 2 saturated heterocycles. The van der Waals surface area contributed by atoms with Crippen LogP contribution >= 0.6 is 0 Å². The number of halogens is 1. The van der Waals surface area contributed by atoms with Crippen molar-refractivity contribution in [2.75, 3.05) is 36.0 Å². The van der Waals surface area contributed by atoms with Gasteiger partial charge in [0.25, 0.3) is 0 Å². The van der Waals surface area contributed by atoms with E-state index in [1.165, 1.54) is 11.0 Å². The van der Waals surface area contributed by atoms with E-state index in [9.17, 15) is 9.18 Å². The van der Waals surface area contributed by atoms with Gasteiger partial charge in [0.2, 0.25) is 0 Å². The second kappa shape index (κ2) is 6.46. The second-order valence-electron chi connectivity index (χ2n) is 7.55. The third kappa shape index (κ3) is 3.11. The summed E-state index contributed by atoms with van der Waals surface area (Å²) in [5, 5.41) is 3.07. The molecule has 0 radical (unpaired) electrons. The summed E-state index contributed by atoms with van der Waals surface area (Å²) in [7, 11) is 0. The molecular weight excluding hydrogens is 335 g/mol. The maximum atomic E-state index is 14.7. The Morgan fingerprint density at radius 2 is 2.23 bits per heavy atom. The Kier molecular flexibility index (Phi) is 4.26. The van der Waals surface area contributed by atoms with Crippen LogP contribution in [0, 0.1) is 17.7 Å². The topological polar surface area (TPSA) is 70.8 Å². The van der Waals surface area contributed by atoms with E-state index in [0.29, 0.717) is 36.3 Å². The Labute approximate surface area is 152 Å². The number of nitrogens with one attached hydrogen (secondary N) is 1. The standard InChI is InChI=1S/C19H25FN4O2/c1-11(2)22-8-13-9-24(19(25)26-13)12-3-4-17(16(20)7-12)23-6-5-14-15(10-23)18(14)21/h3-4,7,13-15,18,22H,1,5-6,8-10,21H2,2H3/t13-,14?,15-,18-/m0/s1. The monoisotopic (exact) mass is 360 g/mol. The van der Waals surface area contributed by atoms with Crippen LogP contribution in [-0.4, -0.2) is 44.4 Å². The quantitative estimate of drug-likeness (QED) is 0.841. The molecule has 4 rings (SSSR count). The van der Waals surface area contributed by atoms with Crippen LogP contribution in [0.3, 0.4) is 0 Å². The SMILES string of the molecule is C=C(C)NC[C@H]1CN(c2ccc(N3CCC4[C@H](N)[C@H]4C3)c(F)c2)C(=O)O1. The predicted octanol–water partition coefficient (Wildman–Crippen LogP) is 2.06. The van der Waals surface area contributed by atoms with Crippen molar-refractivity contribution in [3.63, 3.8) is 0 Å². The molecule has 4 atom stereocenters. The summed E-state index contributed by atoms with van der Waals surface area (Å²) in [6.07, 6.45) is 0.288. The molecule has 6 nitrogen and oxygen atoms in total. The number of hydrogen-bond acceptors (Lipinski definition) is 5. The molecule has 0 aromatic heterocycles. The lowest BCUT2D eigenvalue weighted by Crippen LogP contribution is -2.32. The predicted molar refractivity (Wildman–Crippen MR) is 98.6 cm³/mol. The van der Waals surface area contributed by atoms with Crippen molar-refractivity contribution >= 4 is 17.5 Å². The third-order valence-electron chi connectivity index (χ3n) is 5.65. The van der Waals surface area contributed by atoms with Gasteiger partial charge in [0.1, 0.15) is 11.9 Å². The molecule has 1 saturated carbocycles. The Morgan fingerprint density at radius 3 is 2.92 bits per heavy atom. The number of fused-ring (bicyclic) bond motifs is 1. The number of anilines is 2. The van der Waals surface area contributed by atoms with E-state index in [-0.39, 0.29) is 18.0 Å². The van der Waals surface area contributed by atoms with Gasteiger partial charge in [-0.1, -0.05) is 6.58 Å². The lowest BCUT2D eigenvalue weighted by atomic mass is 10.1. The molecule has 7 heteroatoms. The zero-order chi connectivity index (χ0) is 18.4. The minimum atomic E-state index is -0.449. The fourth-order valence-corrected chi connectivity index (χ4v) is 4.05. The maximum Gasteiger partial charge on any atom is 0.414 e. The van der Waals surface area contributed by atoms with Gasteiger partial charge in [-0.2, -0.15) is 0 Å². The van der Waals surface area contributed by atoms with Crippen molar-refractivity contribution in [1.29, 1.82) is 0 Å². The number of amides is 1. The molecule has 3 aliphatic rings. The summed E-state index contributed by atoms with van der Waals surface area (Å²) in [5.41, 5.74) is 7.96. The van der Waals surface area contributed by atoms with Crippen LogP contribution in [0.1, 0.15) is 13.3 Å². The highest BCUT2D eigenvalue weighted by atomic mass is 19.1. The van der Waals surface area contributed by atoms with Crippen LogP contribution in [0.2, 0.25) is 0 Å². The number of benzene rings is 1. The van der Waals surface area contributed by atoms with Crippen LogP contribution in [0.5, 0.6) is 0 Å². The molecule has 0 bridgehead atoms. The molecule has 0 spiro atoms. The first-order valence-corrected chi connectivity index (χ1v) is 9.11.